The van der Waals surface area contributed by atoms with Crippen LogP contribution < -0.4 is 4.90 Å². The first kappa shape index (κ1) is 9.21. The lowest BCUT2D eigenvalue weighted by molar-refractivity contribution is -0.117. The molecule has 3 nitrogen and oxygen atoms in total. The van der Waals surface area contributed by atoms with Crippen LogP contribution in [0, 0.1) is 0 Å². The maximum Gasteiger partial charge on any atom is 0.227 e. The summed E-state index contributed by atoms with van der Waals surface area (Å²) in [6.45, 7) is 0.823. The zero-order valence-corrected chi connectivity index (χ0v) is 7.94. The maximum absolute atomic E-state index is 11.4. The smallest absolute Gasteiger partial charge is 0.227 e. The molecule has 0 aromatic heterocycles. The molecule has 3 heteroatoms. The van der Waals surface area contributed by atoms with Gasteiger partial charge in [-0.2, -0.15) is 0 Å². The first-order valence-electron chi connectivity index (χ1n) is 4.81. The molecule has 0 saturated carbocycles. The van der Waals surface area contributed by atoms with Gasteiger partial charge in [0.2, 0.25) is 5.91 Å². The average Bonchev–Trinajstić information content (AvgIpc) is 2.65. The van der Waals surface area contributed by atoms with Crippen molar-refractivity contribution in [3.63, 3.8) is 0 Å². The summed E-state index contributed by atoms with van der Waals surface area (Å²) in [5, 5.41) is 8.97. The molecule has 1 aromatic carbocycles. The van der Waals surface area contributed by atoms with Crippen LogP contribution >= 0.6 is 0 Å². The van der Waals surface area contributed by atoms with Gasteiger partial charge in [-0.1, -0.05) is 12.1 Å². The second-order valence-corrected chi connectivity index (χ2v) is 3.48. The molecular formula is C11H13NO2. The molecule has 1 aliphatic heterocycles. The van der Waals surface area contributed by atoms with E-state index in [1.807, 2.05) is 24.3 Å². The van der Waals surface area contributed by atoms with Crippen LogP contribution in [0.3, 0.4) is 0 Å². The van der Waals surface area contributed by atoms with Gasteiger partial charge in [0.25, 0.3) is 0 Å². The van der Waals surface area contributed by atoms with Gasteiger partial charge >= 0.3 is 0 Å². The van der Waals surface area contributed by atoms with Crippen LogP contribution in [0.1, 0.15) is 18.4 Å². The largest absolute Gasteiger partial charge is 0.392 e. The van der Waals surface area contributed by atoms with Gasteiger partial charge in [0.1, 0.15) is 0 Å². The highest BCUT2D eigenvalue weighted by molar-refractivity contribution is 5.95. The van der Waals surface area contributed by atoms with E-state index in [-0.39, 0.29) is 12.5 Å². The predicted molar refractivity (Wildman–Crippen MR) is 54.0 cm³/mol. The molecule has 1 aliphatic rings. The molecule has 2 rings (SSSR count). The Morgan fingerprint density at radius 2 is 2.29 bits per heavy atom. The molecule has 0 bridgehead atoms. The minimum Gasteiger partial charge on any atom is -0.392 e. The van der Waals surface area contributed by atoms with E-state index in [9.17, 15) is 4.79 Å². The normalized spacial score (nSPS) is 16.4. The van der Waals surface area contributed by atoms with Gasteiger partial charge in [-0.3, -0.25) is 4.79 Å². The summed E-state index contributed by atoms with van der Waals surface area (Å²) in [5.74, 6) is 0.181. The van der Waals surface area contributed by atoms with E-state index < -0.39 is 0 Å². The zero-order chi connectivity index (χ0) is 9.97. The standard InChI is InChI=1S/C11H13NO2/c13-8-9-3-1-4-10(7-9)12-6-2-5-11(12)14/h1,3-4,7,13H,2,5-6,8H2. The van der Waals surface area contributed by atoms with Crippen molar-refractivity contribution in [1.82, 2.24) is 0 Å². The second-order valence-electron chi connectivity index (χ2n) is 3.48. The van der Waals surface area contributed by atoms with Gasteiger partial charge in [0.15, 0.2) is 0 Å². The lowest BCUT2D eigenvalue weighted by Crippen LogP contribution is -2.23. The molecule has 0 radical (unpaired) electrons. The number of hydrogen-bond acceptors (Lipinski definition) is 2. The summed E-state index contributed by atoms with van der Waals surface area (Å²) < 4.78 is 0. The quantitative estimate of drug-likeness (QED) is 0.765. The predicted octanol–water partition coefficient (Wildman–Crippen LogP) is 1.31. The van der Waals surface area contributed by atoms with Crippen molar-refractivity contribution in [2.45, 2.75) is 19.4 Å². The summed E-state index contributed by atoms with van der Waals surface area (Å²) in [6, 6.07) is 7.49. The number of aliphatic hydroxyl groups excluding tert-OH is 1. The van der Waals surface area contributed by atoms with Crippen molar-refractivity contribution >= 4 is 11.6 Å². The van der Waals surface area contributed by atoms with Gasteiger partial charge in [0, 0.05) is 18.7 Å². The fraction of sp³-hybridized carbons (Fsp3) is 0.364. The lowest BCUT2D eigenvalue weighted by atomic mass is 10.2. The van der Waals surface area contributed by atoms with Gasteiger partial charge in [-0.05, 0) is 24.1 Å². The topological polar surface area (TPSA) is 40.5 Å². The second kappa shape index (κ2) is 3.80. The molecule has 74 valence electrons. The van der Waals surface area contributed by atoms with E-state index in [2.05, 4.69) is 0 Å². The third-order valence-electron chi connectivity index (χ3n) is 2.48. The molecule has 1 saturated heterocycles. The molecule has 0 atom stereocenters. The molecule has 0 aliphatic carbocycles. The Morgan fingerprint density at radius 1 is 1.43 bits per heavy atom. The van der Waals surface area contributed by atoms with Crippen LogP contribution in [-0.4, -0.2) is 17.6 Å². The Hall–Kier alpha value is -1.35. The number of anilines is 1. The molecule has 14 heavy (non-hydrogen) atoms. The third kappa shape index (κ3) is 1.63. The average molecular weight is 191 g/mol. The number of benzene rings is 1. The number of carbonyl (C=O) groups is 1. The van der Waals surface area contributed by atoms with Crippen molar-refractivity contribution in [1.29, 1.82) is 0 Å². The highest BCUT2D eigenvalue weighted by atomic mass is 16.3. The first-order chi connectivity index (χ1) is 6.81. The molecular weight excluding hydrogens is 178 g/mol. The van der Waals surface area contributed by atoms with E-state index in [1.165, 1.54) is 0 Å². The highest BCUT2D eigenvalue weighted by Crippen LogP contribution is 2.21. The van der Waals surface area contributed by atoms with Crippen LogP contribution in [0.25, 0.3) is 0 Å². The summed E-state index contributed by atoms with van der Waals surface area (Å²) >= 11 is 0. The van der Waals surface area contributed by atoms with Crippen molar-refractivity contribution in [2.75, 3.05) is 11.4 Å². The Balaban J connectivity index is 2.26. The first-order valence-corrected chi connectivity index (χ1v) is 4.81. The summed E-state index contributed by atoms with van der Waals surface area (Å²) in [5.41, 5.74) is 1.75. The molecule has 0 unspecified atom stereocenters. The van der Waals surface area contributed by atoms with Gasteiger partial charge in [-0.15, -0.1) is 0 Å². The minimum absolute atomic E-state index is 0.0237. The van der Waals surface area contributed by atoms with Crippen molar-refractivity contribution in [3.05, 3.63) is 29.8 Å². The summed E-state index contributed by atoms with van der Waals surface area (Å²) in [6.07, 6.45) is 1.57. The summed E-state index contributed by atoms with van der Waals surface area (Å²) in [4.78, 5) is 13.2. The molecule has 1 N–H and O–H groups in total. The van der Waals surface area contributed by atoms with E-state index in [0.717, 1.165) is 24.2 Å². The van der Waals surface area contributed by atoms with Gasteiger partial charge in [0.05, 0.1) is 6.61 Å². The van der Waals surface area contributed by atoms with Crippen LogP contribution in [-0.2, 0) is 11.4 Å². The molecule has 1 heterocycles. The number of carbonyl (C=O) groups excluding carboxylic acids is 1. The number of aliphatic hydroxyl groups is 1. The third-order valence-corrected chi connectivity index (χ3v) is 2.48. The molecule has 1 aromatic rings. The van der Waals surface area contributed by atoms with E-state index >= 15 is 0 Å². The molecule has 1 fully saturated rings. The lowest BCUT2D eigenvalue weighted by Gasteiger charge is -2.16. The SMILES string of the molecule is O=C1CCCN1c1cccc(CO)c1. The summed E-state index contributed by atoms with van der Waals surface area (Å²) in [7, 11) is 0. The fourth-order valence-corrected chi connectivity index (χ4v) is 1.74. The van der Waals surface area contributed by atoms with Crippen LogP contribution in [0.4, 0.5) is 5.69 Å². The Bertz CT molecular complexity index is 349. The van der Waals surface area contributed by atoms with Crippen molar-refractivity contribution in [2.24, 2.45) is 0 Å². The number of hydrogen-bond donors (Lipinski definition) is 1. The zero-order valence-electron chi connectivity index (χ0n) is 7.94. The van der Waals surface area contributed by atoms with Crippen molar-refractivity contribution in [3.8, 4) is 0 Å². The molecule has 1 amide bonds. The van der Waals surface area contributed by atoms with E-state index in [4.69, 9.17) is 5.11 Å². The number of rotatable bonds is 2. The van der Waals surface area contributed by atoms with Gasteiger partial charge in [-0.25, -0.2) is 0 Å². The Labute approximate surface area is 83.0 Å². The van der Waals surface area contributed by atoms with Crippen LogP contribution in [0.5, 0.6) is 0 Å². The number of nitrogens with zero attached hydrogens (tertiary/aromatic N) is 1. The van der Waals surface area contributed by atoms with E-state index in [1.54, 1.807) is 4.90 Å². The van der Waals surface area contributed by atoms with Crippen molar-refractivity contribution < 1.29 is 9.90 Å². The maximum atomic E-state index is 11.4. The minimum atomic E-state index is 0.0237. The van der Waals surface area contributed by atoms with Crippen LogP contribution in [0.15, 0.2) is 24.3 Å². The molecule has 0 spiro atoms. The van der Waals surface area contributed by atoms with Gasteiger partial charge < -0.3 is 10.0 Å². The fourth-order valence-electron chi connectivity index (χ4n) is 1.74. The van der Waals surface area contributed by atoms with Crippen LogP contribution in [0.2, 0.25) is 0 Å². The Kier molecular flexibility index (Phi) is 2.50. The van der Waals surface area contributed by atoms with E-state index in [0.29, 0.717) is 6.42 Å². The Morgan fingerprint density at radius 3 is 2.93 bits per heavy atom. The highest BCUT2D eigenvalue weighted by Gasteiger charge is 2.21. The number of amides is 1. The monoisotopic (exact) mass is 191 g/mol.